The van der Waals surface area contributed by atoms with Gasteiger partial charge in [0.1, 0.15) is 0 Å². The number of benzene rings is 2. The molecule has 0 unspecified atom stereocenters. The molecule has 0 bridgehead atoms. The molecule has 0 aliphatic rings. The Labute approximate surface area is 135 Å². The second kappa shape index (κ2) is 8.61. The van der Waals surface area contributed by atoms with Crippen LogP contribution in [0, 0.1) is 0 Å². The molecule has 4 heteroatoms. The molecule has 0 spiro atoms. The van der Waals surface area contributed by atoms with Crippen LogP contribution in [-0.2, 0) is 10.5 Å². The van der Waals surface area contributed by atoms with Crippen molar-refractivity contribution in [2.45, 2.75) is 12.7 Å². The van der Waals surface area contributed by atoms with Crippen molar-refractivity contribution in [3.63, 3.8) is 0 Å². The first-order chi connectivity index (χ1) is 10.7. The van der Waals surface area contributed by atoms with Crippen LogP contribution < -0.4 is 0 Å². The Morgan fingerprint density at radius 3 is 2.59 bits per heavy atom. The highest BCUT2D eigenvalue weighted by molar-refractivity contribution is 7.98. The maximum atomic E-state index is 11.6. The number of hydrogen-bond donors (Lipinski definition) is 1. The minimum atomic E-state index is -0.289. The third-order valence-electron chi connectivity index (χ3n) is 3.16. The first kappa shape index (κ1) is 16.6. The van der Waals surface area contributed by atoms with Crippen LogP contribution in [0.25, 0.3) is 11.1 Å². The third-order valence-corrected chi connectivity index (χ3v) is 4.17. The number of carbonyl (C=O) groups is 1. The lowest BCUT2D eigenvalue weighted by Gasteiger charge is -2.07. The van der Waals surface area contributed by atoms with Crippen molar-refractivity contribution < 1.29 is 14.6 Å². The van der Waals surface area contributed by atoms with Crippen LogP contribution in [-0.4, -0.2) is 30.0 Å². The fourth-order valence-corrected chi connectivity index (χ4v) is 2.80. The summed E-state index contributed by atoms with van der Waals surface area (Å²) in [6.45, 7) is 2.39. The first-order valence-electron chi connectivity index (χ1n) is 7.29. The van der Waals surface area contributed by atoms with Crippen LogP contribution in [0.2, 0.25) is 0 Å². The van der Waals surface area contributed by atoms with Crippen molar-refractivity contribution in [3.05, 3.63) is 59.7 Å². The van der Waals surface area contributed by atoms with Gasteiger partial charge in [-0.2, -0.15) is 11.8 Å². The quantitative estimate of drug-likeness (QED) is 0.624. The molecule has 3 nitrogen and oxygen atoms in total. The molecule has 0 aliphatic heterocycles. The highest BCUT2D eigenvalue weighted by Crippen LogP contribution is 2.23. The second-order valence-corrected chi connectivity index (χ2v) is 5.88. The van der Waals surface area contributed by atoms with Gasteiger partial charge in [0, 0.05) is 11.5 Å². The van der Waals surface area contributed by atoms with Crippen LogP contribution in [0.1, 0.15) is 22.8 Å². The first-order valence-corrected chi connectivity index (χ1v) is 8.45. The number of carbonyl (C=O) groups excluding carboxylic acids is 1. The van der Waals surface area contributed by atoms with Crippen LogP contribution >= 0.6 is 11.8 Å². The van der Waals surface area contributed by atoms with Crippen molar-refractivity contribution in [1.29, 1.82) is 0 Å². The Bertz CT molecular complexity index is 608. The van der Waals surface area contributed by atoms with E-state index in [1.54, 1.807) is 30.8 Å². The van der Waals surface area contributed by atoms with Crippen LogP contribution in [0.3, 0.4) is 0 Å². The normalized spacial score (nSPS) is 10.5. The number of ether oxygens (including phenoxy) is 1. The van der Waals surface area contributed by atoms with Gasteiger partial charge in [-0.15, -0.1) is 0 Å². The van der Waals surface area contributed by atoms with E-state index in [2.05, 4.69) is 18.2 Å². The fourth-order valence-electron chi connectivity index (χ4n) is 2.11. The molecule has 2 aromatic carbocycles. The largest absolute Gasteiger partial charge is 0.462 e. The lowest BCUT2D eigenvalue weighted by Crippen LogP contribution is -2.03. The van der Waals surface area contributed by atoms with Crippen molar-refractivity contribution in [3.8, 4) is 11.1 Å². The Hall–Kier alpha value is -1.78. The van der Waals surface area contributed by atoms with E-state index in [9.17, 15) is 4.79 Å². The van der Waals surface area contributed by atoms with E-state index in [1.807, 2.05) is 18.2 Å². The van der Waals surface area contributed by atoms with E-state index in [0.717, 1.165) is 22.6 Å². The SMILES string of the molecule is CCOC(=O)c1ccc(-c2cccc(CSCCO)c2)cc1. The van der Waals surface area contributed by atoms with Gasteiger partial charge in [0.05, 0.1) is 18.8 Å². The summed E-state index contributed by atoms with van der Waals surface area (Å²) in [5.41, 5.74) is 3.99. The van der Waals surface area contributed by atoms with Crippen LogP contribution in [0.15, 0.2) is 48.5 Å². The van der Waals surface area contributed by atoms with Gasteiger partial charge in [0.25, 0.3) is 0 Å². The number of hydrogen-bond acceptors (Lipinski definition) is 4. The van der Waals surface area contributed by atoms with E-state index in [0.29, 0.717) is 12.2 Å². The molecule has 0 heterocycles. The van der Waals surface area contributed by atoms with Crippen molar-refractivity contribution in [2.24, 2.45) is 0 Å². The molecule has 0 radical (unpaired) electrons. The number of esters is 1. The topological polar surface area (TPSA) is 46.5 Å². The Morgan fingerprint density at radius 2 is 1.91 bits per heavy atom. The van der Waals surface area contributed by atoms with Gasteiger partial charge in [-0.1, -0.05) is 36.4 Å². The number of thioether (sulfide) groups is 1. The molecule has 0 aromatic heterocycles. The highest BCUT2D eigenvalue weighted by atomic mass is 32.2. The number of aliphatic hydroxyl groups is 1. The van der Waals surface area contributed by atoms with Gasteiger partial charge in [-0.3, -0.25) is 0 Å². The molecule has 2 aromatic rings. The van der Waals surface area contributed by atoms with Crippen molar-refractivity contribution in [2.75, 3.05) is 19.0 Å². The van der Waals surface area contributed by atoms with E-state index >= 15 is 0 Å². The fraction of sp³-hybridized carbons (Fsp3) is 0.278. The van der Waals surface area contributed by atoms with E-state index in [4.69, 9.17) is 9.84 Å². The van der Waals surface area contributed by atoms with E-state index < -0.39 is 0 Å². The van der Waals surface area contributed by atoms with Gasteiger partial charge >= 0.3 is 5.97 Å². The van der Waals surface area contributed by atoms with Crippen molar-refractivity contribution in [1.82, 2.24) is 0 Å². The molecule has 0 fully saturated rings. The van der Waals surface area contributed by atoms with Gasteiger partial charge in [0.2, 0.25) is 0 Å². The third kappa shape index (κ3) is 4.61. The molecular weight excluding hydrogens is 296 g/mol. The monoisotopic (exact) mass is 316 g/mol. The summed E-state index contributed by atoms with van der Waals surface area (Å²) in [4.78, 5) is 11.6. The average molecular weight is 316 g/mol. The minimum absolute atomic E-state index is 0.208. The summed E-state index contributed by atoms with van der Waals surface area (Å²) in [5.74, 6) is 1.34. The standard InChI is InChI=1S/C18H20O3S/c1-2-21-18(20)16-8-6-15(7-9-16)17-5-3-4-14(12-17)13-22-11-10-19/h3-9,12,19H,2,10-11,13H2,1H3. The summed E-state index contributed by atoms with van der Waals surface area (Å²) in [5, 5.41) is 8.83. The zero-order valence-corrected chi connectivity index (χ0v) is 13.4. The molecule has 0 aliphatic carbocycles. The molecule has 0 saturated carbocycles. The van der Waals surface area contributed by atoms with Gasteiger partial charge < -0.3 is 9.84 Å². The molecule has 0 atom stereocenters. The molecule has 2 rings (SSSR count). The second-order valence-electron chi connectivity index (χ2n) is 4.77. The Morgan fingerprint density at radius 1 is 1.14 bits per heavy atom. The van der Waals surface area contributed by atoms with Gasteiger partial charge in [-0.25, -0.2) is 4.79 Å². The zero-order chi connectivity index (χ0) is 15.8. The van der Waals surface area contributed by atoms with Gasteiger partial charge in [0.15, 0.2) is 0 Å². The molecule has 22 heavy (non-hydrogen) atoms. The lowest BCUT2D eigenvalue weighted by atomic mass is 10.0. The number of rotatable bonds is 7. The molecule has 0 saturated heterocycles. The van der Waals surface area contributed by atoms with Crippen LogP contribution in [0.5, 0.6) is 0 Å². The average Bonchev–Trinajstić information content (AvgIpc) is 2.56. The smallest absolute Gasteiger partial charge is 0.338 e. The predicted octanol–water partition coefficient (Wildman–Crippen LogP) is 3.76. The molecule has 0 amide bonds. The van der Waals surface area contributed by atoms with Crippen LogP contribution in [0.4, 0.5) is 0 Å². The van der Waals surface area contributed by atoms with E-state index in [-0.39, 0.29) is 12.6 Å². The maximum Gasteiger partial charge on any atom is 0.338 e. The minimum Gasteiger partial charge on any atom is -0.462 e. The predicted molar refractivity (Wildman–Crippen MR) is 91.1 cm³/mol. The summed E-state index contributed by atoms with van der Waals surface area (Å²) in [6, 6.07) is 15.8. The number of aliphatic hydroxyl groups excluding tert-OH is 1. The molecule has 116 valence electrons. The Kier molecular flexibility index (Phi) is 6.49. The van der Waals surface area contributed by atoms with Crippen molar-refractivity contribution >= 4 is 17.7 Å². The summed E-state index contributed by atoms with van der Waals surface area (Å²) >= 11 is 1.71. The summed E-state index contributed by atoms with van der Waals surface area (Å²) < 4.78 is 4.99. The highest BCUT2D eigenvalue weighted by Gasteiger charge is 2.06. The maximum absolute atomic E-state index is 11.6. The molecule has 1 N–H and O–H groups in total. The van der Waals surface area contributed by atoms with Gasteiger partial charge in [-0.05, 0) is 35.7 Å². The zero-order valence-electron chi connectivity index (χ0n) is 12.6. The summed E-state index contributed by atoms with van der Waals surface area (Å²) in [7, 11) is 0. The molecular formula is C18H20O3S. The summed E-state index contributed by atoms with van der Waals surface area (Å²) in [6.07, 6.45) is 0. The Balaban J connectivity index is 2.11. The lowest BCUT2D eigenvalue weighted by molar-refractivity contribution is 0.0526. The van der Waals surface area contributed by atoms with E-state index in [1.165, 1.54) is 5.56 Å².